The average molecular weight is 220 g/mol. The predicted molar refractivity (Wildman–Crippen MR) is 63.6 cm³/mol. The van der Waals surface area contributed by atoms with Crippen molar-refractivity contribution in [2.75, 3.05) is 6.61 Å². The largest absolute Gasteiger partial charge is 0.494 e. The van der Waals surface area contributed by atoms with Crippen LogP contribution in [-0.4, -0.2) is 18.7 Å². The van der Waals surface area contributed by atoms with Gasteiger partial charge in [-0.3, -0.25) is 4.79 Å². The maximum Gasteiger partial charge on any atom is 0.236 e. The van der Waals surface area contributed by atoms with Gasteiger partial charge in [-0.05, 0) is 36.2 Å². The van der Waals surface area contributed by atoms with E-state index >= 15 is 0 Å². The van der Waals surface area contributed by atoms with Gasteiger partial charge in [0.15, 0.2) is 0 Å². The molecule has 16 heavy (non-hydrogen) atoms. The highest BCUT2D eigenvalue weighted by atomic mass is 16.5. The zero-order valence-electron chi connectivity index (χ0n) is 9.56. The van der Waals surface area contributed by atoms with Gasteiger partial charge in [0, 0.05) is 6.92 Å². The minimum atomic E-state index is -0.181. The van der Waals surface area contributed by atoms with Crippen LogP contribution in [-0.2, 0) is 4.79 Å². The van der Waals surface area contributed by atoms with Crippen molar-refractivity contribution in [3.05, 3.63) is 29.8 Å². The molecule has 0 aliphatic heterocycles. The van der Waals surface area contributed by atoms with Crippen molar-refractivity contribution in [2.24, 2.45) is 5.10 Å². The van der Waals surface area contributed by atoms with Crippen LogP contribution in [0.25, 0.3) is 0 Å². The summed E-state index contributed by atoms with van der Waals surface area (Å²) in [5.41, 5.74) is 3.26. The summed E-state index contributed by atoms with van der Waals surface area (Å²) in [5.74, 6) is 0.665. The molecule has 1 amide bonds. The summed E-state index contributed by atoms with van der Waals surface area (Å²) in [6, 6.07) is 7.53. The lowest BCUT2D eigenvalue weighted by molar-refractivity contribution is -0.118. The molecule has 0 atom stereocenters. The van der Waals surface area contributed by atoms with Crippen LogP contribution in [0.4, 0.5) is 0 Å². The van der Waals surface area contributed by atoms with Crippen LogP contribution in [0, 0.1) is 0 Å². The van der Waals surface area contributed by atoms with E-state index in [4.69, 9.17) is 4.74 Å². The Labute approximate surface area is 95.3 Å². The summed E-state index contributed by atoms with van der Waals surface area (Å²) < 4.78 is 5.44. The maximum atomic E-state index is 10.6. The molecule has 1 N–H and O–H groups in total. The van der Waals surface area contributed by atoms with Crippen molar-refractivity contribution in [1.82, 2.24) is 5.43 Å². The number of ether oxygens (including phenoxy) is 1. The lowest BCUT2D eigenvalue weighted by Gasteiger charge is -2.03. The van der Waals surface area contributed by atoms with Crippen molar-refractivity contribution < 1.29 is 9.53 Å². The average Bonchev–Trinajstić information content (AvgIpc) is 2.27. The van der Waals surface area contributed by atoms with E-state index in [-0.39, 0.29) is 5.91 Å². The first-order valence-corrected chi connectivity index (χ1v) is 5.25. The number of carbonyl (C=O) groups is 1. The van der Waals surface area contributed by atoms with E-state index in [1.165, 1.54) is 6.92 Å². The van der Waals surface area contributed by atoms with E-state index < -0.39 is 0 Å². The van der Waals surface area contributed by atoms with E-state index in [2.05, 4.69) is 17.5 Å². The highest BCUT2D eigenvalue weighted by Gasteiger charge is 1.92. The van der Waals surface area contributed by atoms with Crippen molar-refractivity contribution >= 4 is 12.1 Å². The summed E-state index contributed by atoms with van der Waals surface area (Å²) in [5, 5.41) is 3.77. The Morgan fingerprint density at radius 3 is 2.69 bits per heavy atom. The summed E-state index contributed by atoms with van der Waals surface area (Å²) >= 11 is 0. The van der Waals surface area contributed by atoms with Crippen LogP contribution in [0.15, 0.2) is 29.4 Å². The number of rotatable bonds is 5. The van der Waals surface area contributed by atoms with Crippen molar-refractivity contribution in [3.63, 3.8) is 0 Å². The van der Waals surface area contributed by atoms with Crippen LogP contribution in [0.2, 0.25) is 0 Å². The Bertz CT molecular complexity index is 358. The number of nitrogens with zero attached hydrogens (tertiary/aromatic N) is 1. The molecule has 1 aromatic rings. The molecule has 0 bridgehead atoms. The van der Waals surface area contributed by atoms with E-state index in [1.807, 2.05) is 24.3 Å². The van der Waals surface area contributed by atoms with Gasteiger partial charge in [-0.2, -0.15) is 5.10 Å². The van der Waals surface area contributed by atoms with Gasteiger partial charge in [0.2, 0.25) is 5.91 Å². The third-order valence-electron chi connectivity index (χ3n) is 1.79. The number of nitrogens with one attached hydrogen (secondary N) is 1. The second-order valence-electron chi connectivity index (χ2n) is 3.34. The predicted octanol–water partition coefficient (Wildman–Crippen LogP) is 1.95. The topological polar surface area (TPSA) is 50.7 Å². The second kappa shape index (κ2) is 6.61. The highest BCUT2D eigenvalue weighted by Crippen LogP contribution is 2.11. The fourth-order valence-electron chi connectivity index (χ4n) is 1.07. The molecule has 0 radical (unpaired) electrons. The van der Waals surface area contributed by atoms with E-state index in [0.717, 1.165) is 24.3 Å². The van der Waals surface area contributed by atoms with Crippen molar-refractivity contribution in [3.8, 4) is 5.75 Å². The van der Waals surface area contributed by atoms with Gasteiger partial charge in [0.1, 0.15) is 5.75 Å². The Morgan fingerprint density at radius 2 is 2.12 bits per heavy atom. The third-order valence-corrected chi connectivity index (χ3v) is 1.79. The van der Waals surface area contributed by atoms with Gasteiger partial charge < -0.3 is 4.74 Å². The van der Waals surface area contributed by atoms with Gasteiger partial charge in [0.25, 0.3) is 0 Å². The molecule has 0 fully saturated rings. The fourth-order valence-corrected chi connectivity index (χ4v) is 1.07. The molecule has 0 aliphatic carbocycles. The van der Waals surface area contributed by atoms with Gasteiger partial charge in [0.05, 0.1) is 12.8 Å². The second-order valence-corrected chi connectivity index (χ2v) is 3.34. The quantitative estimate of drug-likeness (QED) is 0.609. The highest BCUT2D eigenvalue weighted by molar-refractivity contribution is 5.81. The lowest BCUT2D eigenvalue weighted by Crippen LogP contribution is -2.12. The van der Waals surface area contributed by atoms with Crippen molar-refractivity contribution in [2.45, 2.75) is 20.3 Å². The van der Waals surface area contributed by atoms with Crippen molar-refractivity contribution in [1.29, 1.82) is 0 Å². The van der Waals surface area contributed by atoms with E-state index in [0.29, 0.717) is 0 Å². The minimum Gasteiger partial charge on any atom is -0.494 e. The number of hydrogen-bond acceptors (Lipinski definition) is 3. The molecule has 0 aromatic heterocycles. The maximum absolute atomic E-state index is 10.6. The summed E-state index contributed by atoms with van der Waals surface area (Å²) in [4.78, 5) is 10.6. The molecule has 0 saturated carbocycles. The minimum absolute atomic E-state index is 0.181. The van der Waals surface area contributed by atoms with Gasteiger partial charge in [-0.15, -0.1) is 0 Å². The molecular weight excluding hydrogens is 204 g/mol. The number of hydrazone groups is 1. The van der Waals surface area contributed by atoms with E-state index in [1.54, 1.807) is 6.21 Å². The molecule has 0 aliphatic rings. The molecule has 0 heterocycles. The fraction of sp³-hybridized carbons (Fsp3) is 0.333. The molecule has 86 valence electrons. The first-order chi connectivity index (χ1) is 7.72. The van der Waals surface area contributed by atoms with Gasteiger partial charge >= 0.3 is 0 Å². The summed E-state index contributed by atoms with van der Waals surface area (Å²) in [6.07, 6.45) is 2.58. The van der Waals surface area contributed by atoms with Crippen LogP contribution >= 0.6 is 0 Å². The van der Waals surface area contributed by atoms with E-state index in [9.17, 15) is 4.79 Å². The third kappa shape index (κ3) is 4.59. The number of carbonyl (C=O) groups excluding carboxylic acids is 1. The van der Waals surface area contributed by atoms with Gasteiger partial charge in [-0.1, -0.05) is 6.92 Å². The van der Waals surface area contributed by atoms with Crippen LogP contribution in [0.3, 0.4) is 0 Å². The van der Waals surface area contributed by atoms with Gasteiger partial charge in [-0.25, -0.2) is 5.43 Å². The Morgan fingerprint density at radius 1 is 1.44 bits per heavy atom. The summed E-state index contributed by atoms with van der Waals surface area (Å²) in [6.45, 7) is 4.20. The Kier molecular flexibility index (Phi) is 5.05. The number of benzene rings is 1. The molecule has 0 spiro atoms. The zero-order valence-corrected chi connectivity index (χ0v) is 9.56. The Balaban J connectivity index is 2.50. The standard InChI is InChI=1S/C12H16N2O2/c1-3-8-16-12-6-4-11(5-7-12)9-13-14-10(2)15/h4-7,9H,3,8H2,1-2H3,(H,14,15). The molecule has 1 rings (SSSR count). The lowest BCUT2D eigenvalue weighted by atomic mass is 10.2. The Hall–Kier alpha value is -1.84. The summed E-state index contributed by atoms with van der Waals surface area (Å²) in [7, 11) is 0. The van der Waals surface area contributed by atoms with Crippen LogP contribution in [0.1, 0.15) is 25.8 Å². The van der Waals surface area contributed by atoms with Crippen LogP contribution < -0.4 is 10.2 Å². The zero-order chi connectivity index (χ0) is 11.8. The molecular formula is C12H16N2O2. The van der Waals surface area contributed by atoms with Crippen LogP contribution in [0.5, 0.6) is 5.75 Å². The smallest absolute Gasteiger partial charge is 0.236 e. The molecule has 0 unspecified atom stereocenters. The molecule has 4 nitrogen and oxygen atoms in total. The monoisotopic (exact) mass is 220 g/mol. The SMILES string of the molecule is CCCOc1ccc(C=NNC(C)=O)cc1. The molecule has 0 saturated heterocycles. The molecule has 4 heteroatoms. The molecule has 1 aromatic carbocycles. The number of amides is 1. The number of hydrogen-bond donors (Lipinski definition) is 1. The first-order valence-electron chi connectivity index (χ1n) is 5.25. The normalized spacial score (nSPS) is 10.4. The first kappa shape index (κ1) is 12.2.